The molecular weight excluding hydrogens is 279 g/mol. The van der Waals surface area contributed by atoms with Gasteiger partial charge in [-0.1, -0.05) is 26.1 Å². The molecule has 2 aliphatic rings. The van der Waals surface area contributed by atoms with Crippen molar-refractivity contribution >= 4 is 34.7 Å². The van der Waals surface area contributed by atoms with Crippen molar-refractivity contribution in [1.29, 1.82) is 0 Å². The standard InChI is InChI=1S/C14H13FN2O2S/c1-14(2)9-10(14)13(19)17(12(9)18)6-3-4-8(15)7(5-6)11(16)20/h3-5,9-10H,1-2H3,(H2,16,20). The Balaban J connectivity index is 2.00. The lowest BCUT2D eigenvalue weighted by atomic mass is 10.0. The predicted octanol–water partition coefficient (Wildman–Crippen LogP) is 1.61. The summed E-state index contributed by atoms with van der Waals surface area (Å²) in [5.74, 6) is -1.57. The molecule has 2 unspecified atom stereocenters. The maximum Gasteiger partial charge on any atom is 0.238 e. The molecule has 0 aromatic heterocycles. The number of amides is 2. The number of imide groups is 1. The summed E-state index contributed by atoms with van der Waals surface area (Å²) in [5, 5.41) is 0. The van der Waals surface area contributed by atoms with Gasteiger partial charge in [0.05, 0.1) is 17.5 Å². The number of nitrogens with zero attached hydrogens (tertiary/aromatic N) is 1. The summed E-state index contributed by atoms with van der Waals surface area (Å²) in [6.45, 7) is 3.81. The second-order valence-corrected chi connectivity index (χ2v) is 6.26. The fourth-order valence-corrected chi connectivity index (χ4v) is 3.20. The Morgan fingerprint density at radius 3 is 2.35 bits per heavy atom. The molecule has 0 radical (unpaired) electrons. The summed E-state index contributed by atoms with van der Waals surface area (Å²) in [7, 11) is 0. The molecule has 1 heterocycles. The first-order valence-electron chi connectivity index (χ1n) is 6.24. The Morgan fingerprint density at radius 2 is 1.85 bits per heavy atom. The van der Waals surface area contributed by atoms with Crippen LogP contribution >= 0.6 is 12.2 Å². The number of hydrogen-bond donors (Lipinski definition) is 1. The van der Waals surface area contributed by atoms with Crippen LogP contribution in [0.3, 0.4) is 0 Å². The zero-order chi connectivity index (χ0) is 14.8. The van der Waals surface area contributed by atoms with E-state index >= 15 is 0 Å². The number of hydrogen-bond acceptors (Lipinski definition) is 3. The molecule has 1 aromatic carbocycles. The van der Waals surface area contributed by atoms with E-state index in [4.69, 9.17) is 18.0 Å². The molecule has 0 spiro atoms. The van der Waals surface area contributed by atoms with Crippen molar-refractivity contribution in [3.05, 3.63) is 29.6 Å². The first kappa shape index (κ1) is 13.2. The van der Waals surface area contributed by atoms with Crippen molar-refractivity contribution in [2.45, 2.75) is 13.8 Å². The van der Waals surface area contributed by atoms with Crippen LogP contribution in [-0.2, 0) is 9.59 Å². The zero-order valence-corrected chi connectivity index (χ0v) is 11.8. The van der Waals surface area contributed by atoms with Gasteiger partial charge in [-0.3, -0.25) is 9.59 Å². The lowest BCUT2D eigenvalue weighted by Crippen LogP contribution is -2.36. The summed E-state index contributed by atoms with van der Waals surface area (Å²) >= 11 is 4.76. The summed E-state index contributed by atoms with van der Waals surface area (Å²) in [4.78, 5) is 25.6. The monoisotopic (exact) mass is 292 g/mol. The highest BCUT2D eigenvalue weighted by atomic mass is 32.1. The minimum Gasteiger partial charge on any atom is -0.389 e. The topological polar surface area (TPSA) is 63.4 Å². The van der Waals surface area contributed by atoms with Gasteiger partial charge in [-0.15, -0.1) is 0 Å². The molecule has 1 saturated carbocycles. The molecule has 2 N–H and O–H groups in total. The van der Waals surface area contributed by atoms with Gasteiger partial charge in [0.1, 0.15) is 10.8 Å². The van der Waals surface area contributed by atoms with Crippen LogP contribution in [0.1, 0.15) is 19.4 Å². The molecule has 20 heavy (non-hydrogen) atoms. The molecule has 1 aliphatic heterocycles. The Morgan fingerprint density at radius 1 is 1.30 bits per heavy atom. The first-order valence-corrected chi connectivity index (χ1v) is 6.65. The van der Waals surface area contributed by atoms with Crippen LogP contribution < -0.4 is 10.6 Å². The number of rotatable bonds is 2. The van der Waals surface area contributed by atoms with Crippen molar-refractivity contribution in [3.8, 4) is 0 Å². The number of thiocarbonyl (C=S) groups is 1. The van der Waals surface area contributed by atoms with Crippen LogP contribution in [0.5, 0.6) is 0 Å². The van der Waals surface area contributed by atoms with Gasteiger partial charge in [0.2, 0.25) is 11.8 Å². The molecule has 0 bridgehead atoms. The molecule has 1 aliphatic carbocycles. The summed E-state index contributed by atoms with van der Waals surface area (Å²) in [6, 6.07) is 3.91. The normalized spacial score (nSPS) is 26.6. The van der Waals surface area contributed by atoms with Crippen LogP contribution in [0, 0.1) is 23.1 Å². The second-order valence-electron chi connectivity index (χ2n) is 5.82. The molecule has 3 rings (SSSR count). The quantitative estimate of drug-likeness (QED) is 0.664. The maximum absolute atomic E-state index is 13.6. The molecule has 2 atom stereocenters. The van der Waals surface area contributed by atoms with Crippen molar-refractivity contribution in [2.24, 2.45) is 23.0 Å². The van der Waals surface area contributed by atoms with Crippen LogP contribution in [-0.4, -0.2) is 16.8 Å². The van der Waals surface area contributed by atoms with E-state index in [2.05, 4.69) is 0 Å². The van der Waals surface area contributed by atoms with Crippen molar-refractivity contribution in [3.63, 3.8) is 0 Å². The van der Waals surface area contributed by atoms with Crippen LogP contribution in [0.4, 0.5) is 10.1 Å². The lowest BCUT2D eigenvalue weighted by molar-refractivity contribution is -0.125. The van der Waals surface area contributed by atoms with Crippen LogP contribution in [0.2, 0.25) is 0 Å². The van der Waals surface area contributed by atoms with Gasteiger partial charge < -0.3 is 5.73 Å². The number of halogens is 1. The second kappa shape index (κ2) is 3.85. The van der Waals surface area contributed by atoms with E-state index in [1.165, 1.54) is 18.2 Å². The number of fused-ring (bicyclic) bond motifs is 1. The number of nitrogens with two attached hydrogens (primary N) is 1. The predicted molar refractivity (Wildman–Crippen MR) is 75.5 cm³/mol. The van der Waals surface area contributed by atoms with Crippen LogP contribution in [0.15, 0.2) is 18.2 Å². The largest absolute Gasteiger partial charge is 0.389 e. The average Bonchev–Trinajstić information content (AvgIpc) is 2.81. The van der Waals surface area contributed by atoms with Crippen molar-refractivity contribution in [2.75, 3.05) is 4.90 Å². The van der Waals surface area contributed by atoms with Gasteiger partial charge >= 0.3 is 0 Å². The molecule has 104 valence electrons. The minimum absolute atomic E-state index is 0.0398. The molecule has 2 fully saturated rings. The van der Waals surface area contributed by atoms with Crippen molar-refractivity contribution in [1.82, 2.24) is 0 Å². The summed E-state index contributed by atoms with van der Waals surface area (Å²) in [6.07, 6.45) is 0. The molecule has 1 aromatic rings. The van der Waals surface area contributed by atoms with Gasteiger partial charge in [0.15, 0.2) is 0 Å². The van der Waals surface area contributed by atoms with Gasteiger partial charge in [-0.25, -0.2) is 9.29 Å². The highest BCUT2D eigenvalue weighted by Crippen LogP contribution is 2.63. The molecule has 6 heteroatoms. The Kier molecular flexibility index (Phi) is 2.54. The van der Waals surface area contributed by atoms with E-state index in [1.54, 1.807) is 0 Å². The van der Waals surface area contributed by atoms with Gasteiger partial charge in [-0.2, -0.15) is 0 Å². The third-order valence-corrected chi connectivity index (χ3v) is 4.49. The number of carbonyl (C=O) groups excluding carboxylic acids is 2. The zero-order valence-electron chi connectivity index (χ0n) is 11.0. The van der Waals surface area contributed by atoms with E-state index in [1.807, 2.05) is 13.8 Å². The molecular formula is C14H13FN2O2S. The van der Waals surface area contributed by atoms with E-state index in [-0.39, 0.29) is 39.6 Å². The van der Waals surface area contributed by atoms with E-state index in [0.29, 0.717) is 5.69 Å². The highest BCUT2D eigenvalue weighted by molar-refractivity contribution is 7.80. The highest BCUT2D eigenvalue weighted by Gasteiger charge is 2.72. The smallest absolute Gasteiger partial charge is 0.238 e. The molecule has 2 amide bonds. The fourth-order valence-electron chi connectivity index (χ4n) is 3.04. The minimum atomic E-state index is -0.564. The van der Waals surface area contributed by atoms with Gasteiger partial charge in [-0.05, 0) is 23.6 Å². The maximum atomic E-state index is 13.6. The van der Waals surface area contributed by atoms with Crippen molar-refractivity contribution < 1.29 is 14.0 Å². The summed E-state index contributed by atoms with van der Waals surface area (Å²) in [5.41, 5.74) is 5.53. The molecule has 4 nitrogen and oxygen atoms in total. The van der Waals surface area contributed by atoms with Gasteiger partial charge in [0.25, 0.3) is 0 Å². The Bertz CT molecular complexity index is 647. The number of benzene rings is 1. The molecule has 1 saturated heterocycles. The summed E-state index contributed by atoms with van der Waals surface area (Å²) < 4.78 is 13.6. The number of anilines is 1. The SMILES string of the molecule is CC1(C)C2C(=O)N(c3ccc(F)c(C(N)=S)c3)C(=O)C21. The fraction of sp³-hybridized carbons (Fsp3) is 0.357. The van der Waals surface area contributed by atoms with E-state index < -0.39 is 5.82 Å². The van der Waals surface area contributed by atoms with Crippen LogP contribution in [0.25, 0.3) is 0 Å². The lowest BCUT2D eigenvalue weighted by Gasteiger charge is -2.21. The third-order valence-electron chi connectivity index (χ3n) is 4.27. The first-order chi connectivity index (χ1) is 9.26. The number of carbonyl (C=O) groups is 2. The Labute approximate surface area is 120 Å². The average molecular weight is 292 g/mol. The van der Waals surface area contributed by atoms with E-state index in [9.17, 15) is 14.0 Å². The van der Waals surface area contributed by atoms with Gasteiger partial charge in [0, 0.05) is 5.56 Å². The third kappa shape index (κ3) is 1.54. The van der Waals surface area contributed by atoms with E-state index in [0.717, 1.165) is 4.90 Å². The Hall–Kier alpha value is -1.82. The number of piperidine rings is 1.